The van der Waals surface area contributed by atoms with Gasteiger partial charge in [-0.25, -0.2) is 4.67 Å². The summed E-state index contributed by atoms with van der Waals surface area (Å²) in [6, 6.07) is 10.9. The summed E-state index contributed by atoms with van der Waals surface area (Å²) in [5, 5.41) is 0. The average molecular weight is 236 g/mol. The van der Waals surface area contributed by atoms with E-state index in [-0.39, 0.29) is 5.60 Å². The SMILES string of the molecule is C[C@]1(c2ccccc2)OP(N)N2CCC[C@H]21. The summed E-state index contributed by atoms with van der Waals surface area (Å²) in [5.41, 5.74) is 7.14. The standard InChI is InChI=1S/C12H17N2OP/c1-12(10-6-3-2-4-7-10)11-8-5-9-14(11)16(13)15-12/h2-4,6-7,11H,5,8-9,13H2,1H3/t11-,12+,16?/m0/s1. The zero-order chi connectivity index (χ0) is 11.2. The van der Waals surface area contributed by atoms with E-state index >= 15 is 0 Å². The Bertz CT molecular complexity index is 386. The van der Waals surface area contributed by atoms with Crippen molar-refractivity contribution in [3.05, 3.63) is 35.9 Å². The van der Waals surface area contributed by atoms with Crippen molar-refractivity contribution in [3.63, 3.8) is 0 Å². The molecule has 2 aliphatic heterocycles. The van der Waals surface area contributed by atoms with E-state index in [0.29, 0.717) is 6.04 Å². The molecule has 2 heterocycles. The van der Waals surface area contributed by atoms with Crippen molar-refractivity contribution in [3.8, 4) is 0 Å². The summed E-state index contributed by atoms with van der Waals surface area (Å²) in [4.78, 5) is 0. The summed E-state index contributed by atoms with van der Waals surface area (Å²) in [5.74, 6) is 0. The molecule has 2 fully saturated rings. The molecule has 2 saturated heterocycles. The second-order valence-electron chi connectivity index (χ2n) is 4.69. The molecular formula is C12H17N2OP. The van der Waals surface area contributed by atoms with Crippen LogP contribution in [0.15, 0.2) is 30.3 Å². The van der Waals surface area contributed by atoms with Crippen molar-refractivity contribution in [1.29, 1.82) is 0 Å². The fourth-order valence-electron chi connectivity index (χ4n) is 2.87. The van der Waals surface area contributed by atoms with Gasteiger partial charge in [0.05, 0.1) is 6.04 Å². The van der Waals surface area contributed by atoms with E-state index < -0.39 is 8.45 Å². The van der Waals surface area contributed by atoms with Crippen LogP contribution in [-0.2, 0) is 10.1 Å². The summed E-state index contributed by atoms with van der Waals surface area (Å²) in [6.45, 7) is 3.27. The molecule has 4 heteroatoms. The fraction of sp³-hybridized carbons (Fsp3) is 0.500. The highest BCUT2D eigenvalue weighted by Gasteiger charge is 2.52. The van der Waals surface area contributed by atoms with E-state index in [9.17, 15) is 0 Å². The first kappa shape index (κ1) is 10.7. The highest BCUT2D eigenvalue weighted by atomic mass is 31.2. The molecule has 3 rings (SSSR count). The number of fused-ring (bicyclic) bond motifs is 1. The Labute approximate surface area is 97.5 Å². The minimum absolute atomic E-state index is 0.210. The number of hydrogen-bond donors (Lipinski definition) is 1. The minimum Gasteiger partial charge on any atom is -0.319 e. The zero-order valence-corrected chi connectivity index (χ0v) is 10.4. The van der Waals surface area contributed by atoms with E-state index in [2.05, 4.69) is 35.9 Å². The van der Waals surface area contributed by atoms with Gasteiger partial charge < -0.3 is 4.52 Å². The molecule has 0 aliphatic carbocycles. The van der Waals surface area contributed by atoms with Gasteiger partial charge in [-0.05, 0) is 25.3 Å². The molecule has 1 aromatic rings. The third kappa shape index (κ3) is 1.43. The van der Waals surface area contributed by atoms with Gasteiger partial charge in [-0.15, -0.1) is 0 Å². The lowest BCUT2D eigenvalue weighted by molar-refractivity contribution is 0.0884. The van der Waals surface area contributed by atoms with Gasteiger partial charge in [0.15, 0.2) is 8.45 Å². The normalized spacial score (nSPS) is 38.9. The first-order chi connectivity index (χ1) is 7.72. The van der Waals surface area contributed by atoms with Crippen molar-refractivity contribution in [2.45, 2.75) is 31.4 Å². The van der Waals surface area contributed by atoms with E-state index in [1.165, 1.54) is 18.4 Å². The van der Waals surface area contributed by atoms with Crippen molar-refractivity contribution in [2.75, 3.05) is 6.54 Å². The fourth-order valence-corrected chi connectivity index (χ4v) is 4.54. The summed E-state index contributed by atoms with van der Waals surface area (Å²) < 4.78 is 8.42. The van der Waals surface area contributed by atoms with Crippen LogP contribution in [-0.4, -0.2) is 17.3 Å². The molecule has 3 atom stereocenters. The molecule has 0 saturated carbocycles. The topological polar surface area (TPSA) is 38.5 Å². The lowest BCUT2D eigenvalue weighted by Gasteiger charge is -2.29. The molecule has 2 aliphatic rings. The largest absolute Gasteiger partial charge is 0.319 e. The molecule has 0 radical (unpaired) electrons. The Balaban J connectivity index is 1.99. The predicted octanol–water partition coefficient (Wildman–Crippen LogP) is 2.58. The highest BCUT2D eigenvalue weighted by Crippen LogP contribution is 2.58. The summed E-state index contributed by atoms with van der Waals surface area (Å²) in [7, 11) is -0.884. The molecule has 0 bridgehead atoms. The van der Waals surface area contributed by atoms with E-state index in [4.69, 9.17) is 10.0 Å². The van der Waals surface area contributed by atoms with Crippen LogP contribution in [0.25, 0.3) is 0 Å². The van der Waals surface area contributed by atoms with Gasteiger partial charge in [0, 0.05) is 6.54 Å². The molecule has 2 N–H and O–H groups in total. The molecule has 1 aromatic carbocycles. The predicted molar refractivity (Wildman–Crippen MR) is 65.7 cm³/mol. The Kier molecular flexibility index (Phi) is 2.52. The van der Waals surface area contributed by atoms with Crippen molar-refractivity contribution >= 4 is 8.45 Å². The Morgan fingerprint density at radius 1 is 1.44 bits per heavy atom. The van der Waals surface area contributed by atoms with Gasteiger partial charge in [0.1, 0.15) is 5.60 Å². The zero-order valence-electron chi connectivity index (χ0n) is 9.47. The van der Waals surface area contributed by atoms with E-state index in [1.807, 2.05) is 6.07 Å². The molecular weight excluding hydrogens is 219 g/mol. The number of rotatable bonds is 1. The van der Waals surface area contributed by atoms with Gasteiger partial charge >= 0.3 is 0 Å². The molecule has 3 nitrogen and oxygen atoms in total. The smallest absolute Gasteiger partial charge is 0.183 e. The van der Waals surface area contributed by atoms with E-state index in [0.717, 1.165) is 6.54 Å². The maximum Gasteiger partial charge on any atom is 0.183 e. The first-order valence-corrected chi connectivity index (χ1v) is 7.06. The van der Waals surface area contributed by atoms with Crippen LogP contribution >= 0.6 is 8.45 Å². The highest BCUT2D eigenvalue weighted by molar-refractivity contribution is 7.47. The number of nitrogens with two attached hydrogens (primary N) is 1. The quantitative estimate of drug-likeness (QED) is 0.762. The van der Waals surface area contributed by atoms with Gasteiger partial charge in [0.2, 0.25) is 0 Å². The van der Waals surface area contributed by atoms with Gasteiger partial charge in [-0.1, -0.05) is 30.3 Å². The first-order valence-electron chi connectivity index (χ1n) is 5.78. The third-order valence-electron chi connectivity index (χ3n) is 3.74. The number of nitrogens with zero attached hydrogens (tertiary/aromatic N) is 1. The molecule has 0 aromatic heterocycles. The maximum atomic E-state index is 6.10. The molecule has 1 unspecified atom stereocenters. The third-order valence-corrected chi connectivity index (χ3v) is 5.30. The van der Waals surface area contributed by atoms with Gasteiger partial charge in [-0.2, -0.15) is 0 Å². The molecule has 0 spiro atoms. The lowest BCUT2D eigenvalue weighted by Crippen LogP contribution is -2.36. The number of benzene rings is 1. The lowest BCUT2D eigenvalue weighted by atomic mass is 9.87. The Hall–Kier alpha value is -0.470. The van der Waals surface area contributed by atoms with Crippen LogP contribution < -0.4 is 5.50 Å². The summed E-state index contributed by atoms with van der Waals surface area (Å²) >= 11 is 0. The maximum absolute atomic E-state index is 6.10. The van der Waals surface area contributed by atoms with Gasteiger partial charge in [0.25, 0.3) is 0 Å². The van der Waals surface area contributed by atoms with Crippen LogP contribution in [0.4, 0.5) is 0 Å². The summed E-state index contributed by atoms with van der Waals surface area (Å²) in [6.07, 6.45) is 2.44. The second-order valence-corrected chi connectivity index (χ2v) is 5.99. The average Bonchev–Trinajstić information content (AvgIpc) is 2.86. The Morgan fingerprint density at radius 2 is 2.19 bits per heavy atom. The van der Waals surface area contributed by atoms with Crippen LogP contribution in [0, 0.1) is 0 Å². The molecule has 0 amide bonds. The Morgan fingerprint density at radius 3 is 2.94 bits per heavy atom. The van der Waals surface area contributed by atoms with Crippen molar-refractivity contribution in [1.82, 2.24) is 4.67 Å². The van der Waals surface area contributed by atoms with Crippen LogP contribution in [0.2, 0.25) is 0 Å². The van der Waals surface area contributed by atoms with Crippen molar-refractivity contribution in [2.24, 2.45) is 5.50 Å². The van der Waals surface area contributed by atoms with Crippen LogP contribution in [0.3, 0.4) is 0 Å². The van der Waals surface area contributed by atoms with Crippen LogP contribution in [0.1, 0.15) is 25.3 Å². The monoisotopic (exact) mass is 236 g/mol. The molecule has 86 valence electrons. The number of hydrogen-bond acceptors (Lipinski definition) is 3. The minimum atomic E-state index is -0.884. The molecule has 16 heavy (non-hydrogen) atoms. The second kappa shape index (κ2) is 3.78. The van der Waals surface area contributed by atoms with Gasteiger partial charge in [-0.3, -0.25) is 5.50 Å². The van der Waals surface area contributed by atoms with Crippen molar-refractivity contribution < 1.29 is 4.52 Å². The van der Waals surface area contributed by atoms with Crippen LogP contribution in [0.5, 0.6) is 0 Å². The van der Waals surface area contributed by atoms with E-state index in [1.54, 1.807) is 0 Å².